The van der Waals surface area contributed by atoms with E-state index in [-0.39, 0.29) is 0 Å². The van der Waals surface area contributed by atoms with E-state index in [9.17, 15) is 0 Å². The van der Waals surface area contributed by atoms with Gasteiger partial charge in [0.25, 0.3) is 0 Å². The molecular weight excluding hydrogens is 182 g/mol. The normalized spacial score (nSPS) is 9.13. The zero-order valence-corrected chi connectivity index (χ0v) is 10.5. The van der Waals surface area contributed by atoms with E-state index in [0.717, 1.165) is 12.0 Å². The van der Waals surface area contributed by atoms with Gasteiger partial charge < -0.3 is 0 Å². The van der Waals surface area contributed by atoms with Gasteiger partial charge in [0.1, 0.15) is 0 Å². The van der Waals surface area contributed by atoms with Gasteiger partial charge in [0.05, 0.1) is 11.6 Å². The van der Waals surface area contributed by atoms with Gasteiger partial charge in [-0.25, -0.2) is 0 Å². The number of hydrogen-bond donors (Lipinski definition) is 0. The van der Waals surface area contributed by atoms with Crippen LogP contribution in [-0.4, -0.2) is 0 Å². The second-order valence-electron chi connectivity index (χ2n) is 3.53. The van der Waals surface area contributed by atoms with Gasteiger partial charge in [-0.1, -0.05) is 40.7 Å². The molecule has 15 heavy (non-hydrogen) atoms. The summed E-state index contributed by atoms with van der Waals surface area (Å²) in [5.41, 5.74) is 3.43. The highest BCUT2D eigenvalue weighted by Gasteiger charge is 2.05. The van der Waals surface area contributed by atoms with Crippen molar-refractivity contribution in [3.8, 4) is 6.07 Å². The Morgan fingerprint density at radius 3 is 2.27 bits per heavy atom. The fraction of sp³-hybridized carbons (Fsp3) is 0.500. The van der Waals surface area contributed by atoms with Crippen LogP contribution in [0.3, 0.4) is 0 Å². The Morgan fingerprint density at radius 1 is 1.27 bits per heavy atom. The number of hydrogen-bond acceptors (Lipinski definition) is 1. The van der Waals surface area contributed by atoms with Crippen molar-refractivity contribution < 1.29 is 0 Å². The van der Waals surface area contributed by atoms with E-state index < -0.39 is 0 Å². The maximum absolute atomic E-state index is 8.76. The fourth-order valence-corrected chi connectivity index (χ4v) is 1.52. The molecule has 0 spiro atoms. The third kappa shape index (κ3) is 3.75. The molecule has 0 fully saturated rings. The number of aryl methyl sites for hydroxylation is 1. The molecule has 0 amide bonds. The van der Waals surface area contributed by atoms with E-state index >= 15 is 0 Å². The van der Waals surface area contributed by atoms with E-state index in [1.165, 1.54) is 11.1 Å². The van der Waals surface area contributed by atoms with Crippen LogP contribution in [0.4, 0.5) is 0 Å². The third-order valence-corrected chi connectivity index (χ3v) is 2.28. The van der Waals surface area contributed by atoms with Gasteiger partial charge in [-0.2, -0.15) is 5.26 Å². The van der Waals surface area contributed by atoms with E-state index in [0.29, 0.717) is 5.92 Å². The van der Waals surface area contributed by atoms with Crippen LogP contribution in [0.15, 0.2) is 18.2 Å². The first-order valence-electron chi connectivity index (χ1n) is 5.72. The molecule has 82 valence electrons. The van der Waals surface area contributed by atoms with E-state index in [1.807, 2.05) is 26.0 Å². The summed E-state index contributed by atoms with van der Waals surface area (Å²) in [5.74, 6) is 0.503. The number of nitrogens with zero attached hydrogens (tertiary/aromatic N) is 1. The average Bonchev–Trinajstić information content (AvgIpc) is 2.30. The SMILES string of the molecule is CC.CCc1ccc(C#N)cc1C(C)C. The second kappa shape index (κ2) is 7.06. The monoisotopic (exact) mass is 203 g/mol. The fourth-order valence-electron chi connectivity index (χ4n) is 1.52. The highest BCUT2D eigenvalue weighted by Crippen LogP contribution is 2.21. The van der Waals surface area contributed by atoms with Gasteiger partial charge in [-0.15, -0.1) is 0 Å². The minimum atomic E-state index is 0.503. The van der Waals surface area contributed by atoms with Crippen molar-refractivity contribution in [2.75, 3.05) is 0 Å². The molecule has 0 aromatic heterocycles. The lowest BCUT2D eigenvalue weighted by molar-refractivity contribution is 0.843. The molecule has 1 aromatic carbocycles. The molecule has 0 aliphatic heterocycles. The largest absolute Gasteiger partial charge is 0.192 e. The first kappa shape index (κ1) is 13.7. The molecule has 1 rings (SSSR count). The predicted molar refractivity (Wildman–Crippen MR) is 66.0 cm³/mol. The van der Waals surface area contributed by atoms with Crippen LogP contribution in [0.1, 0.15) is 57.2 Å². The molecule has 0 N–H and O–H groups in total. The molecule has 0 atom stereocenters. The Kier molecular flexibility index (Phi) is 6.45. The molecule has 0 aliphatic carbocycles. The maximum Gasteiger partial charge on any atom is 0.0991 e. The second-order valence-corrected chi connectivity index (χ2v) is 3.53. The smallest absolute Gasteiger partial charge is 0.0991 e. The molecule has 1 nitrogen and oxygen atoms in total. The molecule has 0 radical (unpaired) electrons. The summed E-state index contributed by atoms with van der Waals surface area (Å²) in [6.07, 6.45) is 1.04. The van der Waals surface area contributed by atoms with Crippen LogP contribution in [0, 0.1) is 11.3 Å². The van der Waals surface area contributed by atoms with Crippen LogP contribution >= 0.6 is 0 Å². The summed E-state index contributed by atoms with van der Waals surface area (Å²) >= 11 is 0. The van der Waals surface area contributed by atoms with Crippen molar-refractivity contribution in [1.82, 2.24) is 0 Å². The summed E-state index contributed by atoms with van der Waals surface area (Å²) in [7, 11) is 0. The van der Waals surface area contributed by atoms with Crippen LogP contribution < -0.4 is 0 Å². The summed E-state index contributed by atoms with van der Waals surface area (Å²) in [6.45, 7) is 10.5. The summed E-state index contributed by atoms with van der Waals surface area (Å²) < 4.78 is 0. The van der Waals surface area contributed by atoms with Crippen molar-refractivity contribution in [3.05, 3.63) is 34.9 Å². The lowest BCUT2D eigenvalue weighted by atomic mass is 9.94. The highest BCUT2D eigenvalue weighted by molar-refractivity contribution is 5.39. The van der Waals surface area contributed by atoms with Gasteiger partial charge in [0.2, 0.25) is 0 Å². The minimum Gasteiger partial charge on any atom is -0.192 e. The third-order valence-electron chi connectivity index (χ3n) is 2.28. The van der Waals surface area contributed by atoms with Crippen LogP contribution in [0.5, 0.6) is 0 Å². The van der Waals surface area contributed by atoms with Crippen molar-refractivity contribution in [2.45, 2.75) is 47.0 Å². The molecule has 0 aliphatic rings. The topological polar surface area (TPSA) is 23.8 Å². The van der Waals surface area contributed by atoms with Gasteiger partial charge >= 0.3 is 0 Å². The first-order valence-corrected chi connectivity index (χ1v) is 5.72. The van der Waals surface area contributed by atoms with Crippen molar-refractivity contribution >= 4 is 0 Å². The van der Waals surface area contributed by atoms with Crippen molar-refractivity contribution in [2.24, 2.45) is 0 Å². The van der Waals surface area contributed by atoms with Gasteiger partial charge in [0.15, 0.2) is 0 Å². The highest BCUT2D eigenvalue weighted by atomic mass is 14.2. The molecule has 0 heterocycles. The number of benzene rings is 1. The zero-order chi connectivity index (χ0) is 11.8. The number of rotatable bonds is 2. The van der Waals surface area contributed by atoms with Crippen LogP contribution in [-0.2, 0) is 6.42 Å². The Morgan fingerprint density at radius 2 is 1.87 bits per heavy atom. The number of nitriles is 1. The summed E-state index contributed by atoms with van der Waals surface area (Å²) in [4.78, 5) is 0. The average molecular weight is 203 g/mol. The Bertz CT molecular complexity index is 332. The van der Waals surface area contributed by atoms with Gasteiger partial charge in [0, 0.05) is 0 Å². The predicted octanol–water partition coefficient (Wildman–Crippen LogP) is 4.27. The zero-order valence-electron chi connectivity index (χ0n) is 10.5. The molecule has 0 unspecified atom stereocenters. The van der Waals surface area contributed by atoms with Crippen LogP contribution in [0.25, 0.3) is 0 Å². The Labute approximate surface area is 93.7 Å². The lowest BCUT2D eigenvalue weighted by Crippen LogP contribution is -1.95. The van der Waals surface area contributed by atoms with E-state index in [1.54, 1.807) is 0 Å². The lowest BCUT2D eigenvalue weighted by Gasteiger charge is -2.11. The van der Waals surface area contributed by atoms with Gasteiger partial charge in [-0.05, 0) is 35.6 Å². The Balaban J connectivity index is 0.000000921. The molecular formula is C14H21N. The molecule has 1 heteroatoms. The summed E-state index contributed by atoms with van der Waals surface area (Å²) in [5, 5.41) is 8.76. The molecule has 0 saturated carbocycles. The quantitative estimate of drug-likeness (QED) is 0.704. The van der Waals surface area contributed by atoms with Crippen molar-refractivity contribution in [1.29, 1.82) is 5.26 Å². The Hall–Kier alpha value is -1.29. The standard InChI is InChI=1S/C12H15N.C2H6/c1-4-11-6-5-10(8-13)7-12(11)9(2)3;1-2/h5-7,9H,4H2,1-3H3;1-2H3. The first-order chi connectivity index (χ1) is 7.19. The minimum absolute atomic E-state index is 0.503. The van der Waals surface area contributed by atoms with Crippen LogP contribution in [0.2, 0.25) is 0 Å². The molecule has 0 saturated heterocycles. The van der Waals surface area contributed by atoms with E-state index in [2.05, 4.69) is 32.9 Å². The summed E-state index contributed by atoms with van der Waals surface area (Å²) in [6, 6.07) is 8.13. The maximum atomic E-state index is 8.76. The van der Waals surface area contributed by atoms with E-state index in [4.69, 9.17) is 5.26 Å². The van der Waals surface area contributed by atoms with Crippen molar-refractivity contribution in [3.63, 3.8) is 0 Å². The van der Waals surface area contributed by atoms with Gasteiger partial charge in [-0.3, -0.25) is 0 Å². The molecule has 1 aromatic rings. The molecule has 0 bridgehead atoms.